The molecule has 0 amide bonds. The van der Waals surface area contributed by atoms with E-state index < -0.39 is 11.5 Å². The molecule has 0 spiro atoms. The molecule has 2 atom stereocenters. The van der Waals surface area contributed by atoms with Gasteiger partial charge in [-0.05, 0) is 18.8 Å². The topological polar surface area (TPSA) is 76.2 Å². The zero-order valence-corrected chi connectivity index (χ0v) is 10.1. The van der Waals surface area contributed by atoms with E-state index in [0.717, 1.165) is 24.3 Å². The molecule has 0 aliphatic heterocycles. The van der Waals surface area contributed by atoms with Crippen LogP contribution in [0.15, 0.2) is 5.38 Å². The summed E-state index contributed by atoms with van der Waals surface area (Å²) in [6.07, 6.45) is 4.11. The summed E-state index contributed by atoms with van der Waals surface area (Å²) in [4.78, 5) is 14.9. The summed E-state index contributed by atoms with van der Waals surface area (Å²) in [5.74, 6) is -0.383. The lowest BCUT2D eigenvalue weighted by molar-refractivity contribution is 0.0691. The fraction of sp³-hybridized carbons (Fsp3) is 0.636. The minimum Gasteiger partial charge on any atom is -0.476 e. The molecule has 16 heavy (non-hydrogen) atoms. The van der Waals surface area contributed by atoms with Crippen molar-refractivity contribution in [2.75, 3.05) is 0 Å². The van der Waals surface area contributed by atoms with E-state index in [0.29, 0.717) is 5.92 Å². The molecular formula is C11H16N2O2S. The van der Waals surface area contributed by atoms with Crippen LogP contribution < -0.4 is 5.73 Å². The number of aromatic carboxylic acids is 1. The molecule has 0 bridgehead atoms. The maximum atomic E-state index is 10.8. The van der Waals surface area contributed by atoms with Crippen LogP contribution in [0, 0.1) is 5.92 Å². The van der Waals surface area contributed by atoms with Crippen molar-refractivity contribution in [2.45, 2.75) is 38.1 Å². The lowest BCUT2D eigenvalue weighted by Gasteiger charge is -2.34. The molecule has 0 radical (unpaired) electrons. The second kappa shape index (κ2) is 4.14. The third-order valence-electron chi connectivity index (χ3n) is 3.18. The minimum absolute atomic E-state index is 0.114. The van der Waals surface area contributed by atoms with Crippen LogP contribution in [-0.4, -0.2) is 16.1 Å². The lowest BCUT2D eigenvalue weighted by Crippen LogP contribution is -2.40. The first-order valence-electron chi connectivity index (χ1n) is 5.49. The summed E-state index contributed by atoms with van der Waals surface area (Å²) in [6.45, 7) is 2.19. The van der Waals surface area contributed by atoms with Gasteiger partial charge >= 0.3 is 5.97 Å². The summed E-state index contributed by atoms with van der Waals surface area (Å²) in [7, 11) is 0. The van der Waals surface area contributed by atoms with E-state index in [4.69, 9.17) is 10.8 Å². The number of aromatic nitrogens is 1. The molecule has 2 rings (SSSR count). The second-order valence-corrected chi connectivity index (χ2v) is 5.56. The molecule has 5 heteroatoms. The van der Waals surface area contributed by atoms with Crippen LogP contribution in [0.1, 0.15) is 48.1 Å². The molecule has 1 saturated carbocycles. The van der Waals surface area contributed by atoms with Crippen LogP contribution in [0.5, 0.6) is 0 Å². The Labute approximate surface area is 98.5 Å². The van der Waals surface area contributed by atoms with Gasteiger partial charge in [-0.25, -0.2) is 9.78 Å². The van der Waals surface area contributed by atoms with Crippen LogP contribution in [0.4, 0.5) is 0 Å². The van der Waals surface area contributed by atoms with Gasteiger partial charge in [0.1, 0.15) is 5.01 Å². The maximum absolute atomic E-state index is 10.8. The van der Waals surface area contributed by atoms with Gasteiger partial charge in [-0.2, -0.15) is 0 Å². The average molecular weight is 240 g/mol. The number of thiazole rings is 1. The molecule has 0 saturated heterocycles. The van der Waals surface area contributed by atoms with Crippen LogP contribution >= 0.6 is 11.3 Å². The van der Waals surface area contributed by atoms with E-state index in [9.17, 15) is 4.79 Å². The molecule has 1 aromatic rings. The lowest BCUT2D eigenvalue weighted by atomic mass is 9.77. The molecule has 1 aliphatic rings. The maximum Gasteiger partial charge on any atom is 0.355 e. The molecule has 1 aliphatic carbocycles. The first kappa shape index (κ1) is 11.5. The smallest absolute Gasteiger partial charge is 0.355 e. The van der Waals surface area contributed by atoms with Crippen LogP contribution in [0.3, 0.4) is 0 Å². The molecule has 1 aromatic heterocycles. The Hall–Kier alpha value is -0.940. The number of hydrogen-bond acceptors (Lipinski definition) is 4. The minimum atomic E-state index is -0.977. The Morgan fingerprint density at radius 3 is 3.06 bits per heavy atom. The number of carboxylic acids is 1. The summed E-state index contributed by atoms with van der Waals surface area (Å²) < 4.78 is 0. The number of nitrogens with zero attached hydrogens (tertiary/aromatic N) is 1. The Morgan fingerprint density at radius 1 is 1.75 bits per heavy atom. The fourth-order valence-corrected chi connectivity index (χ4v) is 3.33. The van der Waals surface area contributed by atoms with E-state index in [1.165, 1.54) is 17.8 Å². The molecule has 1 heterocycles. The van der Waals surface area contributed by atoms with E-state index in [-0.39, 0.29) is 5.69 Å². The van der Waals surface area contributed by atoms with Gasteiger partial charge in [-0.3, -0.25) is 0 Å². The quantitative estimate of drug-likeness (QED) is 0.831. The van der Waals surface area contributed by atoms with Gasteiger partial charge in [0, 0.05) is 5.38 Å². The van der Waals surface area contributed by atoms with Gasteiger partial charge in [-0.15, -0.1) is 11.3 Å². The second-order valence-electron chi connectivity index (χ2n) is 4.70. The normalized spacial score (nSPS) is 30.2. The van der Waals surface area contributed by atoms with Crippen LogP contribution in [0.25, 0.3) is 0 Å². The van der Waals surface area contributed by atoms with Crippen molar-refractivity contribution in [3.8, 4) is 0 Å². The zero-order valence-electron chi connectivity index (χ0n) is 9.27. The summed E-state index contributed by atoms with van der Waals surface area (Å²) in [6, 6.07) is 0. The van der Waals surface area contributed by atoms with Crippen LogP contribution in [0.2, 0.25) is 0 Å². The van der Waals surface area contributed by atoms with Crippen molar-refractivity contribution in [2.24, 2.45) is 11.7 Å². The molecule has 4 nitrogen and oxygen atoms in total. The summed E-state index contributed by atoms with van der Waals surface area (Å²) in [5.41, 5.74) is 6.05. The van der Waals surface area contributed by atoms with Gasteiger partial charge < -0.3 is 10.8 Å². The number of rotatable bonds is 2. The molecule has 88 valence electrons. The van der Waals surface area contributed by atoms with Crippen molar-refractivity contribution in [3.05, 3.63) is 16.1 Å². The van der Waals surface area contributed by atoms with Gasteiger partial charge in [0.15, 0.2) is 5.69 Å². The standard InChI is InChI=1S/C11H16N2O2S/c1-7-3-2-4-11(12,5-7)10-13-8(6-16-10)9(14)15/h6-7H,2-5,12H2,1H3,(H,14,15). The van der Waals surface area contributed by atoms with Gasteiger partial charge in [0.25, 0.3) is 0 Å². The van der Waals surface area contributed by atoms with Crippen LogP contribution in [-0.2, 0) is 5.54 Å². The highest BCUT2D eigenvalue weighted by Crippen LogP contribution is 2.38. The number of carboxylic acid groups (broad SMARTS) is 1. The van der Waals surface area contributed by atoms with Crippen molar-refractivity contribution in [1.29, 1.82) is 0 Å². The summed E-state index contributed by atoms with van der Waals surface area (Å²) >= 11 is 1.37. The van der Waals surface area contributed by atoms with E-state index in [1.807, 2.05) is 0 Å². The SMILES string of the molecule is CC1CCCC(N)(c2nc(C(=O)O)cs2)C1. The first-order chi connectivity index (χ1) is 7.51. The van der Waals surface area contributed by atoms with E-state index in [2.05, 4.69) is 11.9 Å². The Balaban J connectivity index is 2.24. The Kier molecular flexibility index (Phi) is 2.99. The van der Waals surface area contributed by atoms with Crippen molar-refractivity contribution >= 4 is 17.3 Å². The van der Waals surface area contributed by atoms with Crippen molar-refractivity contribution in [3.63, 3.8) is 0 Å². The fourth-order valence-electron chi connectivity index (χ4n) is 2.39. The highest BCUT2D eigenvalue weighted by Gasteiger charge is 2.35. The Morgan fingerprint density at radius 2 is 2.50 bits per heavy atom. The average Bonchev–Trinajstić information content (AvgIpc) is 2.66. The van der Waals surface area contributed by atoms with Gasteiger partial charge in [0.05, 0.1) is 5.54 Å². The first-order valence-corrected chi connectivity index (χ1v) is 6.37. The third kappa shape index (κ3) is 2.10. The molecule has 0 aromatic carbocycles. The number of nitrogens with two attached hydrogens (primary N) is 1. The van der Waals surface area contributed by atoms with Crippen molar-refractivity contribution < 1.29 is 9.90 Å². The number of carbonyl (C=O) groups is 1. The zero-order chi connectivity index (χ0) is 11.8. The van der Waals surface area contributed by atoms with Gasteiger partial charge in [-0.1, -0.05) is 19.8 Å². The molecular weight excluding hydrogens is 224 g/mol. The molecule has 2 unspecified atom stereocenters. The van der Waals surface area contributed by atoms with Gasteiger partial charge in [0.2, 0.25) is 0 Å². The predicted molar refractivity (Wildman–Crippen MR) is 62.6 cm³/mol. The third-order valence-corrected chi connectivity index (χ3v) is 4.24. The van der Waals surface area contributed by atoms with E-state index in [1.54, 1.807) is 5.38 Å². The highest BCUT2D eigenvalue weighted by molar-refractivity contribution is 7.10. The molecule has 3 N–H and O–H groups in total. The number of hydrogen-bond donors (Lipinski definition) is 2. The van der Waals surface area contributed by atoms with E-state index >= 15 is 0 Å². The largest absolute Gasteiger partial charge is 0.476 e. The highest BCUT2D eigenvalue weighted by atomic mass is 32.1. The molecule has 1 fully saturated rings. The van der Waals surface area contributed by atoms with Crippen molar-refractivity contribution in [1.82, 2.24) is 4.98 Å². The summed E-state index contributed by atoms with van der Waals surface area (Å²) in [5, 5.41) is 11.2. The Bertz CT molecular complexity index is 404. The predicted octanol–water partition coefficient (Wildman–Crippen LogP) is 2.21. The monoisotopic (exact) mass is 240 g/mol.